The van der Waals surface area contributed by atoms with Crippen molar-refractivity contribution in [2.24, 2.45) is 5.92 Å². The molecule has 3 N–H and O–H groups in total. The van der Waals surface area contributed by atoms with E-state index in [4.69, 9.17) is 9.84 Å². The highest BCUT2D eigenvalue weighted by molar-refractivity contribution is 5.67. The highest BCUT2D eigenvalue weighted by Crippen LogP contribution is 2.32. The summed E-state index contributed by atoms with van der Waals surface area (Å²) in [5.41, 5.74) is 7.31. The Kier molecular flexibility index (Phi) is 3.84. The summed E-state index contributed by atoms with van der Waals surface area (Å²) < 4.78 is 5.19. The highest BCUT2D eigenvalue weighted by Gasteiger charge is 2.35. The number of ether oxygens (including phenoxy) is 1. The Bertz CT molecular complexity index is 436. The van der Waals surface area contributed by atoms with E-state index in [2.05, 4.69) is 10.9 Å². The van der Waals surface area contributed by atoms with E-state index < -0.39 is 5.97 Å². The lowest BCUT2D eigenvalue weighted by molar-refractivity contribution is -0.138. The van der Waals surface area contributed by atoms with E-state index in [1.807, 2.05) is 31.2 Å². The number of carboxylic acids is 1. The molecule has 0 saturated carbocycles. The predicted molar refractivity (Wildman–Crippen MR) is 67.2 cm³/mol. The minimum absolute atomic E-state index is 0.00815. The number of nitrogens with one attached hydrogen (secondary N) is 2. The third-order valence-corrected chi connectivity index (χ3v) is 3.40. The first-order chi connectivity index (χ1) is 8.61. The quantitative estimate of drug-likeness (QED) is 0.752. The van der Waals surface area contributed by atoms with Crippen LogP contribution >= 0.6 is 0 Å². The van der Waals surface area contributed by atoms with Crippen molar-refractivity contribution in [1.29, 1.82) is 0 Å². The Balaban J connectivity index is 2.22. The number of hydrogen-bond donors (Lipinski definition) is 3. The number of hydrogen-bond acceptors (Lipinski definition) is 4. The number of methoxy groups -OCH3 is 1. The van der Waals surface area contributed by atoms with E-state index in [0.29, 0.717) is 0 Å². The summed E-state index contributed by atoms with van der Waals surface area (Å²) in [4.78, 5) is 10.9. The van der Waals surface area contributed by atoms with E-state index in [-0.39, 0.29) is 24.4 Å². The van der Waals surface area contributed by atoms with E-state index >= 15 is 0 Å². The second-order valence-electron chi connectivity index (χ2n) is 4.59. The van der Waals surface area contributed by atoms with Crippen molar-refractivity contribution in [1.82, 2.24) is 10.9 Å². The topological polar surface area (TPSA) is 70.6 Å². The van der Waals surface area contributed by atoms with Crippen LogP contribution in [0.1, 0.15) is 24.9 Å². The summed E-state index contributed by atoms with van der Waals surface area (Å²) in [7, 11) is 1.62. The van der Waals surface area contributed by atoms with Gasteiger partial charge in [0.05, 0.1) is 19.6 Å². The molecule has 0 aliphatic carbocycles. The van der Waals surface area contributed by atoms with E-state index in [0.717, 1.165) is 11.3 Å². The largest absolute Gasteiger partial charge is 0.497 e. The van der Waals surface area contributed by atoms with Crippen LogP contribution in [0.3, 0.4) is 0 Å². The molecule has 5 nitrogen and oxygen atoms in total. The van der Waals surface area contributed by atoms with Gasteiger partial charge in [-0.2, -0.15) is 0 Å². The Labute approximate surface area is 106 Å². The molecule has 98 valence electrons. The van der Waals surface area contributed by atoms with Gasteiger partial charge in [0.1, 0.15) is 5.75 Å². The molecule has 0 bridgehead atoms. The average Bonchev–Trinajstić information content (AvgIpc) is 2.71. The van der Waals surface area contributed by atoms with E-state index in [1.54, 1.807) is 7.11 Å². The van der Waals surface area contributed by atoms with Gasteiger partial charge in [-0.3, -0.25) is 10.2 Å². The van der Waals surface area contributed by atoms with Gasteiger partial charge in [0.2, 0.25) is 0 Å². The van der Waals surface area contributed by atoms with Crippen molar-refractivity contribution >= 4 is 5.97 Å². The molecule has 3 unspecified atom stereocenters. The molecule has 0 amide bonds. The zero-order chi connectivity index (χ0) is 13.1. The Morgan fingerprint density at radius 3 is 2.89 bits per heavy atom. The summed E-state index contributed by atoms with van der Waals surface area (Å²) in [5, 5.41) is 8.98. The molecule has 1 heterocycles. The first-order valence-electron chi connectivity index (χ1n) is 5.98. The predicted octanol–water partition coefficient (Wildman–Crippen LogP) is 1.32. The van der Waals surface area contributed by atoms with Gasteiger partial charge < -0.3 is 9.84 Å². The maximum Gasteiger partial charge on any atom is 0.303 e. The third kappa shape index (κ3) is 2.63. The van der Waals surface area contributed by atoms with Crippen molar-refractivity contribution in [2.75, 3.05) is 7.11 Å². The zero-order valence-electron chi connectivity index (χ0n) is 10.5. The van der Waals surface area contributed by atoms with Gasteiger partial charge in [0.15, 0.2) is 0 Å². The van der Waals surface area contributed by atoms with Gasteiger partial charge in [-0.05, 0) is 24.6 Å². The van der Waals surface area contributed by atoms with Crippen LogP contribution in [0, 0.1) is 5.92 Å². The van der Waals surface area contributed by atoms with Gasteiger partial charge in [-0.15, -0.1) is 0 Å². The van der Waals surface area contributed by atoms with Crippen LogP contribution in [-0.4, -0.2) is 24.2 Å². The first kappa shape index (κ1) is 12.9. The van der Waals surface area contributed by atoms with Crippen LogP contribution in [0.25, 0.3) is 0 Å². The number of carbonyl (C=O) groups is 1. The number of benzene rings is 1. The van der Waals surface area contributed by atoms with Crippen LogP contribution in [-0.2, 0) is 4.79 Å². The average molecular weight is 250 g/mol. The number of hydrazine groups is 1. The maximum atomic E-state index is 10.9. The van der Waals surface area contributed by atoms with Gasteiger partial charge in [0, 0.05) is 12.0 Å². The fourth-order valence-corrected chi connectivity index (χ4v) is 2.39. The maximum absolute atomic E-state index is 10.9. The Hall–Kier alpha value is -1.59. The summed E-state index contributed by atoms with van der Waals surface area (Å²) in [5.74, 6) is 0.0304. The minimum atomic E-state index is -0.773. The van der Waals surface area contributed by atoms with Crippen LogP contribution < -0.4 is 15.6 Å². The molecule has 1 aliphatic heterocycles. The van der Waals surface area contributed by atoms with Crippen LogP contribution in [0.2, 0.25) is 0 Å². The molecule has 0 aromatic heterocycles. The van der Waals surface area contributed by atoms with Gasteiger partial charge in [-0.1, -0.05) is 12.1 Å². The second kappa shape index (κ2) is 5.37. The van der Waals surface area contributed by atoms with Gasteiger partial charge >= 0.3 is 5.97 Å². The molecule has 1 saturated heterocycles. The molecule has 0 spiro atoms. The molecule has 1 aromatic carbocycles. The lowest BCUT2D eigenvalue weighted by Gasteiger charge is -2.19. The lowest BCUT2D eigenvalue weighted by atomic mass is 9.87. The molecular formula is C13H18N2O3. The summed E-state index contributed by atoms with van der Waals surface area (Å²) in [6.45, 7) is 1.99. The molecule has 3 atom stereocenters. The molecule has 1 fully saturated rings. The van der Waals surface area contributed by atoms with Crippen molar-refractivity contribution in [3.63, 3.8) is 0 Å². The normalized spacial score (nSPS) is 27.1. The first-order valence-corrected chi connectivity index (χ1v) is 5.98. The molecular weight excluding hydrogens is 232 g/mol. The standard InChI is InChI=1S/C13H18N2O3/c1-8-11(7-12(16)17)13(15-14-8)9-4-3-5-10(6-9)18-2/h3-6,8,11,13-15H,7H2,1-2H3,(H,16,17). The molecule has 18 heavy (non-hydrogen) atoms. The van der Waals surface area contributed by atoms with Crippen molar-refractivity contribution in [3.8, 4) is 5.75 Å². The molecule has 0 radical (unpaired) electrons. The fraction of sp³-hybridized carbons (Fsp3) is 0.462. The monoisotopic (exact) mass is 250 g/mol. The van der Waals surface area contributed by atoms with Crippen LogP contribution in [0.4, 0.5) is 0 Å². The second-order valence-corrected chi connectivity index (χ2v) is 4.59. The van der Waals surface area contributed by atoms with Crippen molar-refractivity contribution in [2.45, 2.75) is 25.4 Å². The summed E-state index contributed by atoms with van der Waals surface area (Å²) >= 11 is 0. The van der Waals surface area contributed by atoms with Crippen molar-refractivity contribution in [3.05, 3.63) is 29.8 Å². The highest BCUT2D eigenvalue weighted by atomic mass is 16.5. The number of carboxylic acid groups (broad SMARTS) is 1. The molecule has 2 rings (SSSR count). The third-order valence-electron chi connectivity index (χ3n) is 3.40. The van der Waals surface area contributed by atoms with Gasteiger partial charge in [-0.25, -0.2) is 5.43 Å². The molecule has 5 heteroatoms. The lowest BCUT2D eigenvalue weighted by Crippen LogP contribution is -2.29. The smallest absolute Gasteiger partial charge is 0.303 e. The molecule has 1 aliphatic rings. The number of rotatable bonds is 4. The SMILES string of the molecule is COc1cccc(C2NNC(C)C2CC(=O)O)c1. The number of aliphatic carboxylic acids is 1. The Morgan fingerprint density at radius 1 is 1.44 bits per heavy atom. The zero-order valence-corrected chi connectivity index (χ0v) is 10.5. The summed E-state index contributed by atoms with van der Waals surface area (Å²) in [6, 6.07) is 7.82. The van der Waals surface area contributed by atoms with Gasteiger partial charge in [0.25, 0.3) is 0 Å². The Morgan fingerprint density at radius 2 is 2.22 bits per heavy atom. The van der Waals surface area contributed by atoms with E-state index in [1.165, 1.54) is 0 Å². The van der Waals surface area contributed by atoms with E-state index in [9.17, 15) is 4.79 Å². The summed E-state index contributed by atoms with van der Waals surface area (Å²) in [6.07, 6.45) is 0.142. The van der Waals surface area contributed by atoms with Crippen LogP contribution in [0.15, 0.2) is 24.3 Å². The fourth-order valence-electron chi connectivity index (χ4n) is 2.39. The van der Waals surface area contributed by atoms with Crippen molar-refractivity contribution < 1.29 is 14.6 Å². The minimum Gasteiger partial charge on any atom is -0.497 e. The van der Waals surface area contributed by atoms with Crippen LogP contribution in [0.5, 0.6) is 5.75 Å². The molecule has 1 aromatic rings.